The third kappa shape index (κ3) is 2.34. The average molecular weight is 272 g/mol. The molecular formula is C16H24N4. The van der Waals surface area contributed by atoms with Crippen LogP contribution < -0.4 is 5.73 Å². The second-order valence-electron chi connectivity index (χ2n) is 6.00. The van der Waals surface area contributed by atoms with Crippen molar-refractivity contribution in [1.29, 1.82) is 0 Å². The van der Waals surface area contributed by atoms with Crippen molar-refractivity contribution in [1.82, 2.24) is 14.3 Å². The van der Waals surface area contributed by atoms with Gasteiger partial charge in [-0.1, -0.05) is 6.07 Å². The van der Waals surface area contributed by atoms with E-state index in [2.05, 4.69) is 46.3 Å². The van der Waals surface area contributed by atoms with Crippen LogP contribution in [0.3, 0.4) is 0 Å². The van der Waals surface area contributed by atoms with Crippen molar-refractivity contribution in [2.24, 2.45) is 5.73 Å². The Kier molecular flexibility index (Phi) is 3.76. The van der Waals surface area contributed by atoms with Crippen molar-refractivity contribution < 1.29 is 0 Å². The molecule has 0 saturated carbocycles. The van der Waals surface area contributed by atoms with Gasteiger partial charge in [-0.3, -0.25) is 4.40 Å². The van der Waals surface area contributed by atoms with Crippen LogP contribution in [-0.4, -0.2) is 33.4 Å². The molecular weight excluding hydrogens is 248 g/mol. The van der Waals surface area contributed by atoms with E-state index >= 15 is 0 Å². The van der Waals surface area contributed by atoms with Crippen LogP contribution in [0.4, 0.5) is 0 Å². The first-order chi connectivity index (χ1) is 9.70. The fourth-order valence-corrected chi connectivity index (χ4v) is 3.26. The fraction of sp³-hybridized carbons (Fsp3) is 0.562. The number of aromatic nitrogens is 2. The van der Waals surface area contributed by atoms with Crippen LogP contribution in [0.25, 0.3) is 5.52 Å². The number of pyridine rings is 1. The van der Waals surface area contributed by atoms with E-state index in [1.165, 1.54) is 31.8 Å². The number of imidazole rings is 1. The average Bonchev–Trinajstić information content (AvgIpc) is 2.91. The van der Waals surface area contributed by atoms with Gasteiger partial charge < -0.3 is 10.6 Å². The van der Waals surface area contributed by atoms with E-state index in [-0.39, 0.29) is 0 Å². The zero-order valence-electron chi connectivity index (χ0n) is 12.4. The molecule has 2 N–H and O–H groups in total. The smallest absolute Gasteiger partial charge is 0.116 e. The second-order valence-corrected chi connectivity index (χ2v) is 6.00. The van der Waals surface area contributed by atoms with Gasteiger partial charge in [0.25, 0.3) is 0 Å². The molecule has 0 amide bonds. The number of fused-ring (bicyclic) bond motifs is 1. The van der Waals surface area contributed by atoms with Crippen LogP contribution in [-0.2, 0) is 6.54 Å². The number of hydrogen-bond donors (Lipinski definition) is 1. The maximum atomic E-state index is 5.88. The Bertz CT molecular complexity index is 579. The first-order valence-electron chi connectivity index (χ1n) is 7.60. The van der Waals surface area contributed by atoms with Gasteiger partial charge >= 0.3 is 0 Å². The molecule has 4 nitrogen and oxygen atoms in total. The van der Waals surface area contributed by atoms with Crippen LogP contribution in [0.5, 0.6) is 0 Å². The molecule has 1 aliphatic rings. The lowest BCUT2D eigenvalue weighted by Gasteiger charge is -2.34. The summed E-state index contributed by atoms with van der Waals surface area (Å²) in [5.74, 6) is 1.75. The zero-order valence-corrected chi connectivity index (χ0v) is 12.4. The van der Waals surface area contributed by atoms with Gasteiger partial charge in [0, 0.05) is 24.2 Å². The Morgan fingerprint density at radius 2 is 2.05 bits per heavy atom. The molecule has 1 aliphatic heterocycles. The molecule has 0 aliphatic carbocycles. The van der Waals surface area contributed by atoms with Gasteiger partial charge in [0.1, 0.15) is 5.82 Å². The molecule has 2 aromatic rings. The van der Waals surface area contributed by atoms with E-state index in [0.29, 0.717) is 18.5 Å². The van der Waals surface area contributed by atoms with Crippen molar-refractivity contribution >= 4 is 5.52 Å². The van der Waals surface area contributed by atoms with Crippen LogP contribution in [0, 0.1) is 0 Å². The summed E-state index contributed by atoms with van der Waals surface area (Å²) in [6.45, 7) is 7.45. The van der Waals surface area contributed by atoms with E-state index in [4.69, 9.17) is 5.73 Å². The highest BCUT2D eigenvalue weighted by molar-refractivity contribution is 5.48. The lowest BCUT2D eigenvalue weighted by Crippen LogP contribution is -2.38. The van der Waals surface area contributed by atoms with Crippen LogP contribution in [0.15, 0.2) is 24.4 Å². The molecule has 0 unspecified atom stereocenters. The van der Waals surface area contributed by atoms with E-state index < -0.39 is 0 Å². The molecule has 0 spiro atoms. The molecule has 0 radical (unpaired) electrons. The van der Waals surface area contributed by atoms with E-state index in [9.17, 15) is 0 Å². The van der Waals surface area contributed by atoms with Gasteiger partial charge in [-0.15, -0.1) is 0 Å². The molecule has 1 fully saturated rings. The minimum absolute atomic E-state index is 0.556. The number of likely N-dealkylation sites (tertiary alicyclic amines) is 1. The fourth-order valence-electron chi connectivity index (χ4n) is 3.26. The first kappa shape index (κ1) is 13.6. The molecule has 0 bridgehead atoms. The maximum absolute atomic E-state index is 5.88. The third-order valence-corrected chi connectivity index (χ3v) is 4.49. The molecule has 0 aromatic carbocycles. The summed E-state index contributed by atoms with van der Waals surface area (Å²) in [4.78, 5) is 7.24. The molecule has 0 atom stereocenters. The summed E-state index contributed by atoms with van der Waals surface area (Å²) in [5.41, 5.74) is 8.19. The predicted octanol–water partition coefficient (Wildman–Crippen LogP) is 2.38. The summed E-state index contributed by atoms with van der Waals surface area (Å²) in [5, 5.41) is 0. The Morgan fingerprint density at radius 3 is 2.70 bits per heavy atom. The topological polar surface area (TPSA) is 46.6 Å². The standard InChI is InChI=1S/C16H24N4/c1-12(2)19-8-6-13(7-9-19)16-18-11-15-5-3-4-14(10-17)20(15)16/h3-5,11-13H,6-10,17H2,1-2H3. The molecule has 1 saturated heterocycles. The summed E-state index contributed by atoms with van der Waals surface area (Å²) in [7, 11) is 0. The lowest BCUT2D eigenvalue weighted by atomic mass is 9.95. The number of piperidine rings is 1. The van der Waals surface area contributed by atoms with Crippen molar-refractivity contribution in [2.45, 2.75) is 45.2 Å². The van der Waals surface area contributed by atoms with Crippen molar-refractivity contribution in [3.8, 4) is 0 Å². The molecule has 3 heterocycles. The third-order valence-electron chi connectivity index (χ3n) is 4.49. The van der Waals surface area contributed by atoms with E-state index in [1.807, 2.05) is 6.20 Å². The highest BCUT2D eigenvalue weighted by Gasteiger charge is 2.25. The molecule has 2 aromatic heterocycles. The largest absolute Gasteiger partial charge is 0.325 e. The number of nitrogens with zero attached hydrogens (tertiary/aromatic N) is 3. The second kappa shape index (κ2) is 5.54. The summed E-state index contributed by atoms with van der Waals surface area (Å²) >= 11 is 0. The highest BCUT2D eigenvalue weighted by atomic mass is 15.2. The summed E-state index contributed by atoms with van der Waals surface area (Å²) in [6, 6.07) is 6.91. The summed E-state index contributed by atoms with van der Waals surface area (Å²) in [6.07, 6.45) is 4.36. The van der Waals surface area contributed by atoms with E-state index in [1.54, 1.807) is 0 Å². The quantitative estimate of drug-likeness (QED) is 0.933. The number of nitrogens with two attached hydrogens (primary N) is 1. The molecule has 20 heavy (non-hydrogen) atoms. The van der Waals surface area contributed by atoms with Gasteiger partial charge in [-0.25, -0.2) is 4.98 Å². The molecule has 3 rings (SSSR count). The Hall–Kier alpha value is -1.39. The number of hydrogen-bond acceptors (Lipinski definition) is 3. The normalized spacial score (nSPS) is 18.2. The van der Waals surface area contributed by atoms with Gasteiger partial charge in [0.15, 0.2) is 0 Å². The zero-order chi connectivity index (χ0) is 14.1. The molecule has 4 heteroatoms. The Balaban J connectivity index is 1.88. The van der Waals surface area contributed by atoms with Gasteiger partial charge in [0.2, 0.25) is 0 Å². The minimum atomic E-state index is 0.556. The summed E-state index contributed by atoms with van der Waals surface area (Å²) < 4.78 is 2.26. The van der Waals surface area contributed by atoms with Gasteiger partial charge in [0.05, 0.1) is 11.7 Å². The maximum Gasteiger partial charge on any atom is 0.116 e. The van der Waals surface area contributed by atoms with Crippen LogP contribution in [0.2, 0.25) is 0 Å². The van der Waals surface area contributed by atoms with Crippen molar-refractivity contribution in [2.75, 3.05) is 13.1 Å². The van der Waals surface area contributed by atoms with E-state index in [0.717, 1.165) is 11.2 Å². The van der Waals surface area contributed by atoms with Crippen molar-refractivity contribution in [3.63, 3.8) is 0 Å². The first-order valence-corrected chi connectivity index (χ1v) is 7.60. The Morgan fingerprint density at radius 1 is 1.30 bits per heavy atom. The monoisotopic (exact) mass is 272 g/mol. The van der Waals surface area contributed by atoms with Gasteiger partial charge in [-0.2, -0.15) is 0 Å². The van der Waals surface area contributed by atoms with Gasteiger partial charge in [-0.05, 0) is 51.9 Å². The Labute approximate surface area is 120 Å². The number of rotatable bonds is 3. The molecule has 108 valence electrons. The van der Waals surface area contributed by atoms with Crippen LogP contribution >= 0.6 is 0 Å². The van der Waals surface area contributed by atoms with Crippen molar-refractivity contribution in [3.05, 3.63) is 35.9 Å². The minimum Gasteiger partial charge on any atom is -0.325 e. The predicted molar refractivity (Wildman–Crippen MR) is 81.8 cm³/mol. The van der Waals surface area contributed by atoms with Crippen LogP contribution in [0.1, 0.15) is 44.1 Å². The SMILES string of the molecule is CC(C)N1CCC(c2ncc3cccc(CN)n23)CC1. The highest BCUT2D eigenvalue weighted by Crippen LogP contribution is 2.29. The lowest BCUT2D eigenvalue weighted by molar-refractivity contribution is 0.169.